The molecule has 2 aliphatic rings. The Balaban J connectivity index is 1.17. The lowest BCUT2D eigenvalue weighted by atomic mass is 9.92. The molecule has 0 bridgehead atoms. The maximum atomic E-state index is 16.6. The van der Waals surface area contributed by atoms with Gasteiger partial charge in [0, 0.05) is 67.6 Å². The molecule has 1 fully saturated rings. The standard InChI is InChI=1S/C36H39FN8O4/c1-3-7-31-40-35(49-41-31)23-11-16-43(17-12-23)36(47)29-21-28-27(25-9-4-5-10-30(25)48-2)20-26(33(37)34(28)39-29)24-8-6-15-44(22-24)32(46)13-18-45-19-14-38-42-45/h4-5,8-10,14,19-21,23,39H,3,6-7,11-13,15-18,22H2,1-2H3. The minimum atomic E-state index is -0.464. The van der Waals surface area contributed by atoms with Crippen molar-refractivity contribution in [2.75, 3.05) is 33.3 Å². The summed E-state index contributed by atoms with van der Waals surface area (Å²) in [6.07, 6.45) is 9.26. The number of H-pyrrole nitrogens is 1. The maximum Gasteiger partial charge on any atom is 0.270 e. The predicted octanol–water partition coefficient (Wildman–Crippen LogP) is 5.64. The Kier molecular flexibility index (Phi) is 9.23. The lowest BCUT2D eigenvalue weighted by Gasteiger charge is -2.30. The molecule has 0 saturated carbocycles. The number of rotatable bonds is 10. The third-order valence-electron chi connectivity index (χ3n) is 9.45. The molecule has 0 spiro atoms. The summed E-state index contributed by atoms with van der Waals surface area (Å²) in [5, 5.41) is 12.4. The van der Waals surface area contributed by atoms with E-state index in [2.05, 4.69) is 32.4 Å². The number of ether oxygens (including phenoxy) is 1. The molecule has 49 heavy (non-hydrogen) atoms. The van der Waals surface area contributed by atoms with Crippen LogP contribution in [0.25, 0.3) is 27.6 Å². The van der Waals surface area contributed by atoms with Gasteiger partial charge < -0.3 is 24.0 Å². The zero-order chi connectivity index (χ0) is 33.9. The highest BCUT2D eigenvalue weighted by atomic mass is 19.1. The molecule has 2 amide bonds. The Hall–Kier alpha value is -5.33. The summed E-state index contributed by atoms with van der Waals surface area (Å²) in [5.41, 5.74) is 3.14. The second kappa shape index (κ2) is 14.0. The van der Waals surface area contributed by atoms with Crippen molar-refractivity contribution in [3.63, 3.8) is 0 Å². The van der Waals surface area contributed by atoms with Crippen LogP contribution in [0.4, 0.5) is 4.39 Å². The SMILES string of the molecule is CCCc1noc(C2CCN(C(=O)c3cc4c(-c5ccccc5OC)cc(C5=CCCN(C(=O)CCn6ccnn6)C5)c(F)c4[nH]3)CC2)n1. The Morgan fingerprint density at radius 2 is 1.92 bits per heavy atom. The van der Waals surface area contributed by atoms with E-state index in [1.165, 1.54) is 0 Å². The van der Waals surface area contributed by atoms with Crippen molar-refractivity contribution in [2.45, 2.75) is 57.9 Å². The summed E-state index contributed by atoms with van der Waals surface area (Å²) in [4.78, 5) is 38.3. The number of halogens is 1. The van der Waals surface area contributed by atoms with E-state index in [1.54, 1.807) is 40.1 Å². The first kappa shape index (κ1) is 32.2. The number of carbonyl (C=O) groups excluding carboxylic acids is 2. The van der Waals surface area contributed by atoms with E-state index < -0.39 is 5.82 Å². The van der Waals surface area contributed by atoms with Crippen LogP contribution in [0.1, 0.15) is 72.7 Å². The van der Waals surface area contributed by atoms with Gasteiger partial charge in [-0.25, -0.2) is 4.39 Å². The molecule has 1 saturated heterocycles. The number of nitrogens with zero attached hydrogens (tertiary/aromatic N) is 7. The summed E-state index contributed by atoms with van der Waals surface area (Å²) in [6, 6.07) is 11.1. The van der Waals surface area contributed by atoms with Gasteiger partial charge in [0.15, 0.2) is 11.6 Å². The zero-order valence-electron chi connectivity index (χ0n) is 27.7. The fourth-order valence-electron chi connectivity index (χ4n) is 6.83. The lowest BCUT2D eigenvalue weighted by Crippen LogP contribution is -2.38. The smallest absolute Gasteiger partial charge is 0.270 e. The highest BCUT2D eigenvalue weighted by Gasteiger charge is 2.30. The van der Waals surface area contributed by atoms with Crippen LogP contribution in [0.5, 0.6) is 5.75 Å². The second-order valence-electron chi connectivity index (χ2n) is 12.6. The molecule has 0 atom stereocenters. The van der Waals surface area contributed by atoms with E-state index in [4.69, 9.17) is 9.26 Å². The number of piperidine rings is 1. The first-order valence-electron chi connectivity index (χ1n) is 16.8. The van der Waals surface area contributed by atoms with Crippen molar-refractivity contribution in [2.24, 2.45) is 0 Å². The van der Waals surface area contributed by atoms with Gasteiger partial charge >= 0.3 is 0 Å². The number of aromatic amines is 1. The molecule has 0 unspecified atom stereocenters. The van der Waals surface area contributed by atoms with Crippen LogP contribution in [-0.4, -0.2) is 85.0 Å². The Bertz CT molecular complexity index is 1990. The van der Waals surface area contributed by atoms with Gasteiger partial charge in [-0.1, -0.05) is 41.6 Å². The number of benzene rings is 2. The topological polar surface area (TPSA) is 135 Å². The highest BCUT2D eigenvalue weighted by Crippen LogP contribution is 2.40. The van der Waals surface area contributed by atoms with Crippen molar-refractivity contribution in [3.05, 3.63) is 83.7 Å². The van der Waals surface area contributed by atoms with Crippen LogP contribution < -0.4 is 4.74 Å². The van der Waals surface area contributed by atoms with Crippen molar-refractivity contribution in [1.82, 2.24) is 39.9 Å². The summed E-state index contributed by atoms with van der Waals surface area (Å²) >= 11 is 0. The maximum absolute atomic E-state index is 16.6. The van der Waals surface area contributed by atoms with E-state index in [0.29, 0.717) is 85.1 Å². The van der Waals surface area contributed by atoms with Gasteiger partial charge in [-0.2, -0.15) is 4.98 Å². The predicted molar refractivity (Wildman–Crippen MR) is 180 cm³/mol. The molecule has 13 heteroatoms. The first-order valence-corrected chi connectivity index (χ1v) is 16.8. The number of fused-ring (bicyclic) bond motifs is 1. The van der Waals surface area contributed by atoms with E-state index in [1.807, 2.05) is 36.4 Å². The van der Waals surface area contributed by atoms with Crippen molar-refractivity contribution < 1.29 is 23.2 Å². The van der Waals surface area contributed by atoms with Gasteiger partial charge in [0.2, 0.25) is 11.8 Å². The molecular formula is C36H39FN8O4. The van der Waals surface area contributed by atoms with E-state index >= 15 is 4.39 Å². The third-order valence-corrected chi connectivity index (χ3v) is 9.45. The summed E-state index contributed by atoms with van der Waals surface area (Å²) in [7, 11) is 1.60. The lowest BCUT2D eigenvalue weighted by molar-refractivity contribution is -0.131. The molecular weight excluding hydrogens is 627 g/mol. The minimum absolute atomic E-state index is 0.0374. The molecule has 0 radical (unpaired) electrons. The Labute approximate surface area is 282 Å². The monoisotopic (exact) mass is 666 g/mol. The second-order valence-corrected chi connectivity index (χ2v) is 12.6. The minimum Gasteiger partial charge on any atom is -0.496 e. The molecule has 5 heterocycles. The number of methoxy groups -OCH3 is 1. The largest absolute Gasteiger partial charge is 0.496 e. The average Bonchev–Trinajstić information content (AvgIpc) is 3.93. The summed E-state index contributed by atoms with van der Waals surface area (Å²) in [5.74, 6) is 1.37. The van der Waals surface area contributed by atoms with Gasteiger partial charge in [0.05, 0.1) is 25.4 Å². The molecule has 254 valence electrons. The summed E-state index contributed by atoms with van der Waals surface area (Å²) < 4.78 is 29.5. The van der Waals surface area contributed by atoms with Gasteiger partial charge in [-0.3, -0.25) is 14.3 Å². The van der Waals surface area contributed by atoms with Gasteiger partial charge in [0.1, 0.15) is 11.4 Å². The molecule has 7 rings (SSSR count). The van der Waals surface area contributed by atoms with Crippen molar-refractivity contribution in [1.29, 1.82) is 0 Å². The molecule has 12 nitrogen and oxygen atoms in total. The zero-order valence-corrected chi connectivity index (χ0v) is 27.7. The number of carbonyl (C=O) groups is 2. The van der Waals surface area contributed by atoms with Gasteiger partial charge in [-0.05, 0) is 55.0 Å². The Morgan fingerprint density at radius 1 is 1.08 bits per heavy atom. The first-order chi connectivity index (χ1) is 23.9. The number of aromatic nitrogens is 6. The molecule has 0 aliphatic carbocycles. The van der Waals surface area contributed by atoms with Crippen LogP contribution in [0, 0.1) is 5.82 Å². The average molecular weight is 667 g/mol. The van der Waals surface area contributed by atoms with Crippen molar-refractivity contribution in [3.8, 4) is 16.9 Å². The fraction of sp³-hybridized carbons (Fsp3) is 0.389. The number of likely N-dealkylation sites (tertiary alicyclic amines) is 1. The van der Waals surface area contributed by atoms with Crippen LogP contribution in [0.3, 0.4) is 0 Å². The van der Waals surface area contributed by atoms with Gasteiger partial charge in [0.25, 0.3) is 5.91 Å². The molecule has 1 N–H and O–H groups in total. The molecule has 2 aliphatic heterocycles. The fourth-order valence-corrected chi connectivity index (χ4v) is 6.83. The van der Waals surface area contributed by atoms with Crippen LogP contribution in [0.2, 0.25) is 0 Å². The van der Waals surface area contributed by atoms with E-state index in [9.17, 15) is 9.59 Å². The van der Waals surface area contributed by atoms with Crippen molar-refractivity contribution >= 4 is 28.3 Å². The number of para-hydroxylation sites is 1. The Morgan fingerprint density at radius 3 is 2.69 bits per heavy atom. The van der Waals surface area contributed by atoms with Crippen LogP contribution in [-0.2, 0) is 17.8 Å². The van der Waals surface area contributed by atoms with Crippen LogP contribution >= 0.6 is 0 Å². The van der Waals surface area contributed by atoms with E-state index in [-0.39, 0.29) is 36.2 Å². The number of aryl methyl sites for hydroxylation is 2. The normalized spacial score (nSPS) is 15.5. The number of hydrogen-bond acceptors (Lipinski definition) is 8. The van der Waals surface area contributed by atoms with Gasteiger partial charge in [-0.15, -0.1) is 5.10 Å². The molecule has 3 aromatic heterocycles. The number of nitrogens with one attached hydrogen (secondary N) is 1. The number of hydrogen-bond donors (Lipinski definition) is 1. The summed E-state index contributed by atoms with van der Waals surface area (Å²) in [6.45, 7) is 4.35. The van der Waals surface area contributed by atoms with Crippen LogP contribution in [0.15, 0.2) is 59.4 Å². The van der Waals surface area contributed by atoms with E-state index in [0.717, 1.165) is 24.0 Å². The molecule has 2 aromatic carbocycles. The third kappa shape index (κ3) is 6.57. The highest BCUT2D eigenvalue weighted by molar-refractivity contribution is 6.05. The number of amides is 2. The molecule has 5 aromatic rings. The quantitative estimate of drug-likeness (QED) is 0.203.